The average Bonchev–Trinajstić information content (AvgIpc) is 2.58. The molecule has 2 aromatic rings. The molecule has 0 amide bonds. The molecule has 0 aliphatic rings. The molecule has 4 nitrogen and oxygen atoms in total. The molecule has 0 saturated carbocycles. The second kappa shape index (κ2) is 4.84. The molecule has 0 aromatic carbocycles. The third-order valence-corrected chi connectivity index (χ3v) is 2.99. The molecule has 2 heterocycles. The molecule has 0 saturated heterocycles. The molecule has 0 fully saturated rings. The predicted molar refractivity (Wildman–Crippen MR) is 72.7 cm³/mol. The molecule has 5 heteroatoms. The highest BCUT2D eigenvalue weighted by Gasteiger charge is 2.18. The molecular formula is C13H19ClN4. The number of rotatable bonds is 3. The summed E-state index contributed by atoms with van der Waals surface area (Å²) in [5, 5.41) is 13.0. The lowest BCUT2D eigenvalue weighted by Gasteiger charge is -2.22. The van der Waals surface area contributed by atoms with Gasteiger partial charge in [-0.25, -0.2) is 0 Å². The van der Waals surface area contributed by atoms with Gasteiger partial charge in [0.25, 0.3) is 0 Å². The summed E-state index contributed by atoms with van der Waals surface area (Å²) in [5.41, 5.74) is 1.07. The lowest BCUT2D eigenvalue weighted by molar-refractivity contribution is 0.303. The Kier molecular flexibility index (Phi) is 3.57. The van der Waals surface area contributed by atoms with Gasteiger partial charge in [0.15, 0.2) is 11.5 Å². The van der Waals surface area contributed by atoms with Crippen molar-refractivity contribution >= 4 is 17.2 Å². The largest absolute Gasteiger partial charge is 0.196 e. The summed E-state index contributed by atoms with van der Waals surface area (Å²) in [4.78, 5) is 0. The van der Waals surface area contributed by atoms with Crippen molar-refractivity contribution < 1.29 is 0 Å². The first-order valence-corrected chi connectivity index (χ1v) is 6.60. The summed E-state index contributed by atoms with van der Waals surface area (Å²) < 4.78 is 1.74. The standard InChI is InChI=1S/C13H19ClN4/c1-9(8-13(2,3)4)7-12-16-15-11-6-5-10(14)17-18(11)12/h5-6,9H,7-8H2,1-4H3. The van der Waals surface area contributed by atoms with Gasteiger partial charge < -0.3 is 0 Å². The summed E-state index contributed by atoms with van der Waals surface area (Å²) in [7, 11) is 0. The van der Waals surface area contributed by atoms with Crippen molar-refractivity contribution in [1.82, 2.24) is 19.8 Å². The molecule has 0 aliphatic heterocycles. The number of fused-ring (bicyclic) bond motifs is 1. The molecule has 0 aliphatic carbocycles. The van der Waals surface area contributed by atoms with Gasteiger partial charge in [0, 0.05) is 6.42 Å². The van der Waals surface area contributed by atoms with Crippen LogP contribution in [-0.4, -0.2) is 19.8 Å². The van der Waals surface area contributed by atoms with Crippen molar-refractivity contribution in [3.05, 3.63) is 23.1 Å². The van der Waals surface area contributed by atoms with Crippen LogP contribution in [-0.2, 0) is 6.42 Å². The van der Waals surface area contributed by atoms with Crippen LogP contribution in [0.5, 0.6) is 0 Å². The minimum Gasteiger partial charge on any atom is -0.196 e. The minimum atomic E-state index is 0.324. The van der Waals surface area contributed by atoms with Crippen LogP contribution in [0.4, 0.5) is 0 Å². The van der Waals surface area contributed by atoms with Gasteiger partial charge in [-0.1, -0.05) is 39.3 Å². The van der Waals surface area contributed by atoms with Crippen LogP contribution in [0.15, 0.2) is 12.1 Å². The zero-order valence-corrected chi connectivity index (χ0v) is 12.1. The molecule has 98 valence electrons. The van der Waals surface area contributed by atoms with Gasteiger partial charge in [-0.15, -0.1) is 10.2 Å². The number of hydrogen-bond acceptors (Lipinski definition) is 3. The van der Waals surface area contributed by atoms with E-state index in [2.05, 4.69) is 43.0 Å². The van der Waals surface area contributed by atoms with E-state index in [0.717, 1.165) is 24.3 Å². The van der Waals surface area contributed by atoms with Crippen LogP contribution in [0.1, 0.15) is 39.9 Å². The fraction of sp³-hybridized carbons (Fsp3) is 0.615. The maximum Gasteiger partial charge on any atom is 0.178 e. The van der Waals surface area contributed by atoms with E-state index in [1.807, 2.05) is 6.07 Å². The molecule has 0 N–H and O–H groups in total. The van der Waals surface area contributed by atoms with Crippen molar-refractivity contribution in [1.29, 1.82) is 0 Å². The first-order valence-electron chi connectivity index (χ1n) is 6.22. The average molecular weight is 267 g/mol. The first kappa shape index (κ1) is 13.3. The van der Waals surface area contributed by atoms with E-state index in [1.165, 1.54) is 0 Å². The lowest BCUT2D eigenvalue weighted by Crippen LogP contribution is -2.14. The fourth-order valence-electron chi connectivity index (χ4n) is 2.37. The van der Waals surface area contributed by atoms with E-state index in [1.54, 1.807) is 10.6 Å². The second-order valence-electron chi connectivity index (χ2n) is 6.12. The van der Waals surface area contributed by atoms with Crippen molar-refractivity contribution in [2.75, 3.05) is 0 Å². The van der Waals surface area contributed by atoms with E-state index in [9.17, 15) is 0 Å². The topological polar surface area (TPSA) is 43.1 Å². The van der Waals surface area contributed by atoms with Gasteiger partial charge >= 0.3 is 0 Å². The maximum absolute atomic E-state index is 5.90. The quantitative estimate of drug-likeness (QED) is 0.855. The van der Waals surface area contributed by atoms with Crippen LogP contribution >= 0.6 is 11.6 Å². The van der Waals surface area contributed by atoms with Gasteiger partial charge in [-0.2, -0.15) is 9.61 Å². The lowest BCUT2D eigenvalue weighted by atomic mass is 9.84. The molecule has 0 spiro atoms. The van der Waals surface area contributed by atoms with Crippen LogP contribution in [0.3, 0.4) is 0 Å². The van der Waals surface area contributed by atoms with E-state index < -0.39 is 0 Å². The van der Waals surface area contributed by atoms with Crippen LogP contribution in [0.25, 0.3) is 5.65 Å². The van der Waals surface area contributed by atoms with Crippen molar-refractivity contribution in [2.24, 2.45) is 11.3 Å². The van der Waals surface area contributed by atoms with Gasteiger partial charge in [0.1, 0.15) is 5.15 Å². The van der Waals surface area contributed by atoms with E-state index in [0.29, 0.717) is 16.5 Å². The number of nitrogens with zero attached hydrogens (tertiary/aromatic N) is 4. The first-order chi connectivity index (χ1) is 8.35. The second-order valence-corrected chi connectivity index (χ2v) is 6.50. The van der Waals surface area contributed by atoms with Gasteiger partial charge in [-0.3, -0.25) is 0 Å². The minimum absolute atomic E-state index is 0.324. The molecule has 1 unspecified atom stereocenters. The van der Waals surface area contributed by atoms with Crippen LogP contribution < -0.4 is 0 Å². The van der Waals surface area contributed by atoms with Crippen LogP contribution in [0.2, 0.25) is 5.15 Å². The van der Waals surface area contributed by atoms with Gasteiger partial charge in [-0.05, 0) is 29.9 Å². The highest BCUT2D eigenvalue weighted by molar-refractivity contribution is 6.29. The summed E-state index contributed by atoms with van der Waals surface area (Å²) in [6.45, 7) is 8.98. The Bertz CT molecular complexity index is 541. The summed E-state index contributed by atoms with van der Waals surface area (Å²) in [5.74, 6) is 1.42. The number of hydrogen-bond donors (Lipinski definition) is 0. The number of halogens is 1. The van der Waals surface area contributed by atoms with Crippen molar-refractivity contribution in [3.8, 4) is 0 Å². The Morgan fingerprint density at radius 3 is 2.67 bits per heavy atom. The zero-order valence-electron chi connectivity index (χ0n) is 11.3. The fourth-order valence-corrected chi connectivity index (χ4v) is 2.51. The summed E-state index contributed by atoms with van der Waals surface area (Å²) >= 11 is 5.90. The van der Waals surface area contributed by atoms with Crippen molar-refractivity contribution in [3.63, 3.8) is 0 Å². The highest BCUT2D eigenvalue weighted by atomic mass is 35.5. The maximum atomic E-state index is 5.90. The van der Waals surface area contributed by atoms with E-state index >= 15 is 0 Å². The highest BCUT2D eigenvalue weighted by Crippen LogP contribution is 2.26. The van der Waals surface area contributed by atoms with Crippen molar-refractivity contribution in [2.45, 2.75) is 40.5 Å². The SMILES string of the molecule is CC(Cc1nnc2ccc(Cl)nn12)CC(C)(C)C. The molecule has 0 radical (unpaired) electrons. The van der Waals surface area contributed by atoms with E-state index in [4.69, 9.17) is 11.6 Å². The molecule has 0 bridgehead atoms. The summed E-state index contributed by atoms with van der Waals surface area (Å²) in [6.07, 6.45) is 2.01. The molecule has 2 aromatic heterocycles. The predicted octanol–water partition coefficient (Wildman–Crippen LogP) is 3.39. The molecule has 1 atom stereocenters. The van der Waals surface area contributed by atoms with Gasteiger partial charge in [0.05, 0.1) is 0 Å². The molecule has 18 heavy (non-hydrogen) atoms. The normalized spacial score (nSPS) is 14.1. The van der Waals surface area contributed by atoms with E-state index in [-0.39, 0.29) is 0 Å². The van der Waals surface area contributed by atoms with Gasteiger partial charge in [0.2, 0.25) is 0 Å². The molecule has 2 rings (SSSR count). The Morgan fingerprint density at radius 1 is 1.28 bits per heavy atom. The zero-order chi connectivity index (χ0) is 13.3. The monoisotopic (exact) mass is 266 g/mol. The Labute approximate surface area is 112 Å². The Morgan fingerprint density at radius 2 is 2.00 bits per heavy atom. The summed E-state index contributed by atoms with van der Waals surface area (Å²) in [6, 6.07) is 3.56. The number of aromatic nitrogens is 4. The Hall–Kier alpha value is -1.16. The smallest absolute Gasteiger partial charge is 0.178 e. The third kappa shape index (κ3) is 3.19. The third-order valence-electron chi connectivity index (χ3n) is 2.79. The Balaban J connectivity index is 2.19. The van der Waals surface area contributed by atoms with Crippen LogP contribution in [0, 0.1) is 11.3 Å². The molecular weight excluding hydrogens is 248 g/mol.